The standard InChI is InChI=1S/C10H13ClN2O3S/c11-9-3-1-2-8(6-9)7-10(14)13-4-5-17(12,15)16/h1-3,6H,4-5,7H2,(H,13,14)(H2,12,15,16). The highest BCUT2D eigenvalue weighted by molar-refractivity contribution is 7.89. The highest BCUT2D eigenvalue weighted by Gasteiger charge is 2.06. The lowest BCUT2D eigenvalue weighted by atomic mass is 10.1. The molecule has 0 unspecified atom stereocenters. The molecule has 17 heavy (non-hydrogen) atoms. The second-order valence-electron chi connectivity index (χ2n) is 3.52. The van der Waals surface area contributed by atoms with Gasteiger partial charge < -0.3 is 5.32 Å². The van der Waals surface area contributed by atoms with E-state index in [4.69, 9.17) is 16.7 Å². The molecule has 0 atom stereocenters. The number of carbonyl (C=O) groups is 1. The van der Waals surface area contributed by atoms with Crippen LogP contribution in [-0.4, -0.2) is 26.6 Å². The number of nitrogens with one attached hydrogen (secondary N) is 1. The van der Waals surface area contributed by atoms with Crippen molar-refractivity contribution in [1.29, 1.82) is 0 Å². The molecule has 1 aromatic rings. The van der Waals surface area contributed by atoms with Gasteiger partial charge in [0.1, 0.15) is 0 Å². The zero-order valence-electron chi connectivity index (χ0n) is 9.02. The maximum absolute atomic E-state index is 11.4. The summed E-state index contributed by atoms with van der Waals surface area (Å²) < 4.78 is 21.2. The SMILES string of the molecule is NS(=O)(=O)CCNC(=O)Cc1cccc(Cl)c1. The van der Waals surface area contributed by atoms with Gasteiger partial charge in [-0.1, -0.05) is 23.7 Å². The first-order valence-corrected chi connectivity index (χ1v) is 6.98. The Kier molecular flexibility index (Phi) is 4.92. The zero-order chi connectivity index (χ0) is 12.9. The molecule has 0 heterocycles. The Morgan fingerprint density at radius 2 is 2.12 bits per heavy atom. The molecule has 1 amide bonds. The van der Waals surface area contributed by atoms with Crippen molar-refractivity contribution < 1.29 is 13.2 Å². The van der Waals surface area contributed by atoms with Crippen LogP contribution >= 0.6 is 11.6 Å². The van der Waals surface area contributed by atoms with Crippen LogP contribution in [0.2, 0.25) is 5.02 Å². The Bertz CT molecular complexity index is 502. The van der Waals surface area contributed by atoms with Crippen LogP contribution in [0.25, 0.3) is 0 Å². The summed E-state index contributed by atoms with van der Waals surface area (Å²) >= 11 is 5.76. The van der Waals surface area contributed by atoms with Crippen molar-refractivity contribution in [2.75, 3.05) is 12.3 Å². The summed E-state index contributed by atoms with van der Waals surface area (Å²) in [5.41, 5.74) is 0.769. The third-order valence-electron chi connectivity index (χ3n) is 1.96. The molecule has 5 nitrogen and oxygen atoms in total. The Morgan fingerprint density at radius 1 is 1.41 bits per heavy atom. The highest BCUT2D eigenvalue weighted by Crippen LogP contribution is 2.10. The highest BCUT2D eigenvalue weighted by atomic mass is 35.5. The Morgan fingerprint density at radius 3 is 2.71 bits per heavy atom. The number of carbonyl (C=O) groups excluding carboxylic acids is 1. The molecule has 0 aliphatic heterocycles. The number of amides is 1. The first-order chi connectivity index (χ1) is 7.87. The first-order valence-electron chi connectivity index (χ1n) is 4.88. The van der Waals surface area contributed by atoms with E-state index in [1.165, 1.54) is 0 Å². The van der Waals surface area contributed by atoms with Crippen molar-refractivity contribution in [2.24, 2.45) is 5.14 Å². The molecule has 0 bridgehead atoms. The van der Waals surface area contributed by atoms with Crippen molar-refractivity contribution in [3.63, 3.8) is 0 Å². The van der Waals surface area contributed by atoms with Crippen LogP contribution in [0.4, 0.5) is 0 Å². The molecule has 0 aliphatic rings. The number of benzene rings is 1. The summed E-state index contributed by atoms with van der Waals surface area (Å²) in [6, 6.07) is 6.91. The topological polar surface area (TPSA) is 89.3 Å². The van der Waals surface area contributed by atoms with Crippen LogP contribution in [0.3, 0.4) is 0 Å². The van der Waals surface area contributed by atoms with Crippen LogP contribution in [-0.2, 0) is 21.2 Å². The fourth-order valence-electron chi connectivity index (χ4n) is 1.23. The molecular weight excluding hydrogens is 264 g/mol. The van der Waals surface area contributed by atoms with Gasteiger partial charge in [-0.3, -0.25) is 4.79 Å². The van der Waals surface area contributed by atoms with Crippen molar-refractivity contribution in [2.45, 2.75) is 6.42 Å². The second-order valence-corrected chi connectivity index (χ2v) is 5.69. The summed E-state index contributed by atoms with van der Waals surface area (Å²) in [5, 5.41) is 7.82. The Balaban J connectivity index is 2.40. The summed E-state index contributed by atoms with van der Waals surface area (Å²) in [5.74, 6) is -0.537. The minimum absolute atomic E-state index is 0.0121. The van der Waals surface area contributed by atoms with Gasteiger partial charge in [-0.2, -0.15) is 0 Å². The average Bonchev–Trinajstić information content (AvgIpc) is 2.15. The van der Waals surface area contributed by atoms with Gasteiger partial charge in [-0.05, 0) is 17.7 Å². The number of primary sulfonamides is 1. The number of rotatable bonds is 5. The van der Waals surface area contributed by atoms with E-state index >= 15 is 0 Å². The average molecular weight is 277 g/mol. The van der Waals surface area contributed by atoms with Crippen LogP contribution in [0.15, 0.2) is 24.3 Å². The van der Waals surface area contributed by atoms with Gasteiger partial charge in [0, 0.05) is 11.6 Å². The minimum atomic E-state index is -3.54. The van der Waals surface area contributed by atoms with Crippen LogP contribution < -0.4 is 10.5 Å². The zero-order valence-corrected chi connectivity index (χ0v) is 10.6. The maximum Gasteiger partial charge on any atom is 0.224 e. The molecule has 0 aromatic heterocycles. The number of hydrogen-bond acceptors (Lipinski definition) is 3. The van der Waals surface area contributed by atoms with E-state index in [1.807, 2.05) is 0 Å². The quantitative estimate of drug-likeness (QED) is 0.810. The van der Waals surface area contributed by atoms with E-state index in [2.05, 4.69) is 5.32 Å². The normalized spacial score (nSPS) is 11.2. The maximum atomic E-state index is 11.4. The second kappa shape index (κ2) is 6.00. The van der Waals surface area contributed by atoms with Crippen molar-refractivity contribution in [3.8, 4) is 0 Å². The summed E-state index contributed by atoms with van der Waals surface area (Å²) in [4.78, 5) is 11.4. The summed E-state index contributed by atoms with van der Waals surface area (Å²) in [6.07, 6.45) is 0.158. The van der Waals surface area contributed by atoms with Crippen LogP contribution in [0.5, 0.6) is 0 Å². The fourth-order valence-corrected chi connectivity index (χ4v) is 1.83. The van der Waals surface area contributed by atoms with Gasteiger partial charge >= 0.3 is 0 Å². The molecule has 94 valence electrons. The van der Waals surface area contributed by atoms with Crippen LogP contribution in [0, 0.1) is 0 Å². The van der Waals surface area contributed by atoms with E-state index in [9.17, 15) is 13.2 Å². The lowest BCUT2D eigenvalue weighted by Gasteiger charge is -2.04. The van der Waals surface area contributed by atoms with Gasteiger partial charge in [0.2, 0.25) is 15.9 Å². The molecule has 3 N–H and O–H groups in total. The van der Waals surface area contributed by atoms with E-state index < -0.39 is 10.0 Å². The lowest BCUT2D eigenvalue weighted by Crippen LogP contribution is -2.32. The summed E-state index contributed by atoms with van der Waals surface area (Å²) in [7, 11) is -3.54. The van der Waals surface area contributed by atoms with E-state index in [1.54, 1.807) is 24.3 Å². The van der Waals surface area contributed by atoms with Crippen molar-refractivity contribution in [3.05, 3.63) is 34.9 Å². The molecule has 1 rings (SSSR count). The monoisotopic (exact) mass is 276 g/mol. The summed E-state index contributed by atoms with van der Waals surface area (Å²) in [6.45, 7) is 0.0121. The number of nitrogens with two attached hydrogens (primary N) is 1. The Hall–Kier alpha value is -1.11. The third kappa shape index (κ3) is 6.25. The molecule has 0 saturated carbocycles. The molecule has 0 spiro atoms. The minimum Gasteiger partial charge on any atom is -0.355 e. The largest absolute Gasteiger partial charge is 0.355 e. The molecule has 0 radical (unpaired) electrons. The van der Waals surface area contributed by atoms with E-state index in [0.29, 0.717) is 5.02 Å². The van der Waals surface area contributed by atoms with Crippen LogP contribution in [0.1, 0.15) is 5.56 Å². The predicted molar refractivity (Wildman–Crippen MR) is 66.1 cm³/mol. The Labute approximate surface area is 105 Å². The van der Waals surface area contributed by atoms with E-state index in [-0.39, 0.29) is 24.6 Å². The molecule has 1 aromatic carbocycles. The molecule has 0 fully saturated rings. The number of sulfonamides is 1. The third-order valence-corrected chi connectivity index (χ3v) is 2.97. The number of halogens is 1. The molecule has 7 heteroatoms. The van der Waals surface area contributed by atoms with Crippen molar-refractivity contribution in [1.82, 2.24) is 5.32 Å². The van der Waals surface area contributed by atoms with Gasteiger partial charge in [-0.15, -0.1) is 0 Å². The lowest BCUT2D eigenvalue weighted by molar-refractivity contribution is -0.120. The van der Waals surface area contributed by atoms with Gasteiger partial charge in [0.15, 0.2) is 0 Å². The fraction of sp³-hybridized carbons (Fsp3) is 0.300. The molecular formula is C10H13ClN2O3S. The first kappa shape index (κ1) is 14.0. The van der Waals surface area contributed by atoms with Crippen molar-refractivity contribution >= 4 is 27.5 Å². The molecule has 0 aliphatic carbocycles. The van der Waals surface area contributed by atoms with E-state index in [0.717, 1.165) is 5.56 Å². The smallest absolute Gasteiger partial charge is 0.224 e. The number of hydrogen-bond donors (Lipinski definition) is 2. The molecule has 0 saturated heterocycles. The predicted octanol–water partition coefficient (Wildman–Crippen LogP) is 0.287. The van der Waals surface area contributed by atoms with Gasteiger partial charge in [0.05, 0.1) is 12.2 Å². The van der Waals surface area contributed by atoms with Gasteiger partial charge in [0.25, 0.3) is 0 Å². The van der Waals surface area contributed by atoms with Gasteiger partial charge in [-0.25, -0.2) is 13.6 Å².